The van der Waals surface area contributed by atoms with Crippen LogP contribution in [0.5, 0.6) is 0 Å². The summed E-state index contributed by atoms with van der Waals surface area (Å²) in [4.78, 5) is 31.8. The maximum absolute atomic E-state index is 13.5. The first-order valence-corrected chi connectivity index (χ1v) is 9.90. The van der Waals surface area contributed by atoms with Crippen LogP contribution >= 0.6 is 11.3 Å². The molecule has 2 aromatic rings. The van der Waals surface area contributed by atoms with Crippen molar-refractivity contribution in [2.45, 2.75) is 31.7 Å². The summed E-state index contributed by atoms with van der Waals surface area (Å²) in [6.45, 7) is 2.24. The highest BCUT2D eigenvalue weighted by molar-refractivity contribution is 7.09. The lowest BCUT2D eigenvalue weighted by Gasteiger charge is -2.30. The Hall–Kier alpha value is -2.32. The van der Waals surface area contributed by atoms with E-state index in [1.165, 1.54) is 29.9 Å². The minimum Gasteiger partial charge on any atom is -0.398 e. The van der Waals surface area contributed by atoms with Crippen molar-refractivity contribution in [3.8, 4) is 0 Å². The van der Waals surface area contributed by atoms with Gasteiger partial charge in [0.25, 0.3) is 5.91 Å². The molecule has 0 bridgehead atoms. The number of halogens is 1. The number of hydrogen-bond acceptors (Lipinski definition) is 6. The van der Waals surface area contributed by atoms with E-state index in [1.807, 2.05) is 5.38 Å². The average Bonchev–Trinajstić information content (AvgIpc) is 3.17. The summed E-state index contributed by atoms with van der Waals surface area (Å²) in [6, 6.07) is 2.95. The van der Waals surface area contributed by atoms with Gasteiger partial charge in [0.15, 0.2) is 5.78 Å². The molecule has 144 valence electrons. The van der Waals surface area contributed by atoms with Crippen LogP contribution in [0.2, 0.25) is 0 Å². The number of hydrogen-bond donors (Lipinski definition) is 2. The van der Waals surface area contributed by atoms with Gasteiger partial charge in [0.1, 0.15) is 11.9 Å². The predicted molar refractivity (Wildman–Crippen MR) is 103 cm³/mol. The minimum absolute atomic E-state index is 0.0423. The summed E-state index contributed by atoms with van der Waals surface area (Å²) in [5.74, 6) is -1.20. The molecule has 6 nitrogen and oxygen atoms in total. The number of likely N-dealkylation sites (tertiary alicyclic amines) is 1. The van der Waals surface area contributed by atoms with Gasteiger partial charge in [-0.15, -0.1) is 11.3 Å². The van der Waals surface area contributed by atoms with Crippen LogP contribution in [0.25, 0.3) is 0 Å². The molecule has 27 heavy (non-hydrogen) atoms. The minimum atomic E-state index is -0.692. The van der Waals surface area contributed by atoms with Gasteiger partial charge in [-0.05, 0) is 44.1 Å². The SMILES string of the molecule is Nc1ccc(F)cc1C(=O)NC(CN1CCCCC1)C(=O)Cc1nccs1. The zero-order valence-electron chi connectivity index (χ0n) is 15.0. The molecule has 3 rings (SSSR count). The Morgan fingerprint density at radius 3 is 2.78 bits per heavy atom. The monoisotopic (exact) mass is 390 g/mol. The molecule has 3 N–H and O–H groups in total. The Bertz CT molecular complexity index is 791. The lowest BCUT2D eigenvalue weighted by Crippen LogP contribution is -2.50. The number of thiazole rings is 1. The molecular weight excluding hydrogens is 367 g/mol. The number of Topliss-reactive ketones (excluding diaryl/α,β-unsaturated/α-hetero) is 1. The quantitative estimate of drug-likeness (QED) is 0.708. The van der Waals surface area contributed by atoms with Crippen molar-refractivity contribution >= 4 is 28.7 Å². The highest BCUT2D eigenvalue weighted by Gasteiger charge is 2.26. The van der Waals surface area contributed by atoms with Crippen LogP contribution in [0, 0.1) is 5.82 Å². The van der Waals surface area contributed by atoms with E-state index in [2.05, 4.69) is 15.2 Å². The molecule has 1 aliphatic rings. The second-order valence-corrected chi connectivity index (χ2v) is 7.67. The van der Waals surface area contributed by atoms with Crippen molar-refractivity contribution < 1.29 is 14.0 Å². The fourth-order valence-corrected chi connectivity index (χ4v) is 3.83. The van der Waals surface area contributed by atoms with Crippen molar-refractivity contribution in [1.29, 1.82) is 0 Å². The maximum Gasteiger partial charge on any atom is 0.254 e. The van der Waals surface area contributed by atoms with Crippen LogP contribution in [0.1, 0.15) is 34.6 Å². The fraction of sp³-hybridized carbons (Fsp3) is 0.421. The van der Waals surface area contributed by atoms with E-state index in [0.29, 0.717) is 11.6 Å². The van der Waals surface area contributed by atoms with Crippen LogP contribution in [0.15, 0.2) is 29.8 Å². The summed E-state index contributed by atoms with van der Waals surface area (Å²) in [7, 11) is 0. The molecule has 1 unspecified atom stereocenters. The van der Waals surface area contributed by atoms with Crippen molar-refractivity contribution in [2.75, 3.05) is 25.4 Å². The first-order valence-electron chi connectivity index (χ1n) is 9.02. The van der Waals surface area contributed by atoms with Gasteiger partial charge >= 0.3 is 0 Å². The van der Waals surface area contributed by atoms with Crippen LogP contribution < -0.4 is 11.1 Å². The van der Waals surface area contributed by atoms with Gasteiger partial charge in [-0.3, -0.25) is 9.59 Å². The number of piperidine rings is 1. The zero-order valence-corrected chi connectivity index (χ0v) is 15.8. The average molecular weight is 390 g/mol. The second-order valence-electron chi connectivity index (χ2n) is 6.69. The van der Waals surface area contributed by atoms with Gasteiger partial charge in [0.2, 0.25) is 0 Å². The summed E-state index contributed by atoms with van der Waals surface area (Å²) in [5, 5.41) is 5.29. The van der Waals surface area contributed by atoms with E-state index in [-0.39, 0.29) is 23.5 Å². The summed E-state index contributed by atoms with van der Waals surface area (Å²) >= 11 is 1.41. The number of nitrogen functional groups attached to an aromatic ring is 1. The highest BCUT2D eigenvalue weighted by Crippen LogP contribution is 2.15. The molecule has 1 aromatic heterocycles. The number of benzene rings is 1. The van der Waals surface area contributed by atoms with Crippen LogP contribution in [0.3, 0.4) is 0 Å². The molecule has 1 saturated heterocycles. The Kier molecular flexibility index (Phi) is 6.52. The van der Waals surface area contributed by atoms with E-state index in [4.69, 9.17) is 5.73 Å². The van der Waals surface area contributed by atoms with Gasteiger partial charge in [-0.1, -0.05) is 6.42 Å². The Morgan fingerprint density at radius 2 is 2.07 bits per heavy atom. The molecule has 0 saturated carbocycles. The number of nitrogens with two attached hydrogens (primary N) is 1. The molecule has 1 aliphatic heterocycles. The van der Waals surface area contributed by atoms with Gasteiger partial charge < -0.3 is 16.0 Å². The predicted octanol–water partition coefficient (Wildman–Crippen LogP) is 2.26. The van der Waals surface area contributed by atoms with Crippen LogP contribution in [-0.4, -0.2) is 47.3 Å². The van der Waals surface area contributed by atoms with E-state index >= 15 is 0 Å². The largest absolute Gasteiger partial charge is 0.398 e. The number of aromatic nitrogens is 1. The van der Waals surface area contributed by atoms with Crippen LogP contribution in [0.4, 0.5) is 10.1 Å². The van der Waals surface area contributed by atoms with E-state index in [0.717, 1.165) is 32.0 Å². The van der Waals surface area contributed by atoms with Crippen molar-refractivity contribution in [2.24, 2.45) is 0 Å². The maximum atomic E-state index is 13.5. The summed E-state index contributed by atoms with van der Waals surface area (Å²) < 4.78 is 13.5. The topological polar surface area (TPSA) is 88.3 Å². The third-order valence-electron chi connectivity index (χ3n) is 4.65. The summed E-state index contributed by atoms with van der Waals surface area (Å²) in [6.07, 6.45) is 5.16. The molecule has 0 radical (unpaired) electrons. The normalized spacial score (nSPS) is 16.0. The van der Waals surface area contributed by atoms with Crippen LogP contribution in [-0.2, 0) is 11.2 Å². The lowest BCUT2D eigenvalue weighted by atomic mass is 10.1. The molecule has 1 atom stereocenters. The number of carbonyl (C=O) groups excluding carboxylic acids is 2. The number of amides is 1. The smallest absolute Gasteiger partial charge is 0.254 e. The Morgan fingerprint density at radius 1 is 1.30 bits per heavy atom. The van der Waals surface area contributed by atoms with E-state index in [9.17, 15) is 14.0 Å². The summed E-state index contributed by atoms with van der Waals surface area (Å²) in [5.41, 5.74) is 6.03. The fourth-order valence-electron chi connectivity index (χ4n) is 3.20. The number of nitrogens with zero attached hydrogens (tertiary/aromatic N) is 2. The number of carbonyl (C=O) groups is 2. The first kappa shape index (κ1) is 19.4. The second kappa shape index (κ2) is 9.05. The molecule has 1 amide bonds. The number of anilines is 1. The first-order chi connectivity index (χ1) is 13.0. The third kappa shape index (κ3) is 5.33. The number of ketones is 1. The van der Waals surface area contributed by atoms with Gasteiger partial charge in [0.05, 0.1) is 17.0 Å². The molecule has 1 aromatic carbocycles. The van der Waals surface area contributed by atoms with Gasteiger partial charge in [0, 0.05) is 23.8 Å². The molecule has 8 heteroatoms. The van der Waals surface area contributed by atoms with Gasteiger partial charge in [-0.2, -0.15) is 0 Å². The Labute approximate surface area is 161 Å². The molecule has 2 heterocycles. The third-order valence-corrected chi connectivity index (χ3v) is 5.43. The molecule has 0 spiro atoms. The molecule has 1 fully saturated rings. The van der Waals surface area contributed by atoms with Crippen molar-refractivity contribution in [3.63, 3.8) is 0 Å². The zero-order chi connectivity index (χ0) is 19.2. The Balaban J connectivity index is 1.74. The molecule has 0 aliphatic carbocycles. The van der Waals surface area contributed by atoms with Gasteiger partial charge in [-0.25, -0.2) is 9.37 Å². The van der Waals surface area contributed by atoms with E-state index < -0.39 is 17.8 Å². The standard InChI is InChI=1S/C19H23FN4O2S/c20-13-4-5-15(21)14(10-13)19(26)23-16(12-24-7-2-1-3-8-24)17(25)11-18-22-6-9-27-18/h4-6,9-10,16H,1-3,7-8,11-12,21H2,(H,23,26). The number of rotatable bonds is 7. The highest BCUT2D eigenvalue weighted by atomic mass is 32.1. The molecular formula is C19H23FN4O2S. The number of nitrogens with one attached hydrogen (secondary N) is 1. The lowest BCUT2D eigenvalue weighted by molar-refractivity contribution is -0.120. The van der Waals surface area contributed by atoms with Crippen molar-refractivity contribution in [1.82, 2.24) is 15.2 Å². The van der Waals surface area contributed by atoms with E-state index in [1.54, 1.807) is 6.20 Å². The van der Waals surface area contributed by atoms with Crippen molar-refractivity contribution in [3.05, 3.63) is 46.2 Å².